The number of carboxylic acid groups (broad SMARTS) is 4. The number of hydrogen-bond acceptors (Lipinski definition) is 8. The standard InChI is InChI=1S/C4H6O6.CH2O3.K.2Na/c5-1(3(7)8)2(6)4(9)10;2-1(3)4;;;/h1-2,5-6H,(H,7,8)(H,9,10);(H2,2,3,4);;;/q;;3*+1/p-3. The molecule has 9 nitrogen and oxygen atoms in total. The van der Waals surface area contributed by atoms with E-state index in [4.69, 9.17) is 25.2 Å². The average molecular weight is 294 g/mol. The van der Waals surface area contributed by atoms with E-state index in [-0.39, 0.29) is 110 Å². The predicted molar refractivity (Wildman–Crippen MR) is 30.1 cm³/mol. The van der Waals surface area contributed by atoms with Gasteiger partial charge in [0.2, 0.25) is 6.16 Å². The van der Waals surface area contributed by atoms with Crippen LogP contribution in [0.5, 0.6) is 0 Å². The maximum absolute atomic E-state index is 9.63. The second-order valence-corrected chi connectivity index (χ2v) is 1.79. The van der Waals surface area contributed by atoms with Crippen LogP contribution in [0.3, 0.4) is 0 Å². The van der Waals surface area contributed by atoms with Gasteiger partial charge < -0.3 is 45.0 Å². The Balaban J connectivity index is -0.0000000607. The van der Waals surface area contributed by atoms with Gasteiger partial charge in [0.15, 0.2) is 0 Å². The van der Waals surface area contributed by atoms with E-state index in [2.05, 4.69) is 0 Å². The van der Waals surface area contributed by atoms with Crippen LogP contribution < -0.4 is 126 Å². The first-order chi connectivity index (χ1) is 6.20. The molecule has 0 amide bonds. The van der Waals surface area contributed by atoms with E-state index in [1.807, 2.05) is 0 Å². The molecule has 0 saturated heterocycles. The summed E-state index contributed by atoms with van der Waals surface area (Å²) in [4.78, 5) is 27.7. The summed E-state index contributed by atoms with van der Waals surface area (Å²) in [6.07, 6.45) is -6.96. The molecule has 3 N–H and O–H groups in total. The molecule has 12 heteroatoms. The summed E-state index contributed by atoms with van der Waals surface area (Å²) in [5, 5.41) is 51.0. The van der Waals surface area contributed by atoms with Gasteiger partial charge in [0, 0.05) is 0 Å². The molecule has 0 spiro atoms. The summed E-state index contributed by atoms with van der Waals surface area (Å²) in [5.41, 5.74) is 0. The van der Waals surface area contributed by atoms with Gasteiger partial charge in [-0.1, -0.05) is 0 Å². The summed E-state index contributed by atoms with van der Waals surface area (Å²) >= 11 is 0. The second kappa shape index (κ2) is 17.8. The molecule has 2 atom stereocenters. The van der Waals surface area contributed by atoms with Gasteiger partial charge in [-0.3, -0.25) is 0 Å². The summed E-state index contributed by atoms with van der Waals surface area (Å²) in [7, 11) is 0. The molecule has 0 bridgehead atoms. The zero-order valence-corrected chi connectivity index (χ0v) is 16.6. The molecule has 0 rings (SSSR count). The van der Waals surface area contributed by atoms with Crippen LogP contribution in [-0.4, -0.2) is 45.6 Å². The van der Waals surface area contributed by atoms with Crippen LogP contribution in [0.15, 0.2) is 0 Å². The van der Waals surface area contributed by atoms with E-state index in [0.29, 0.717) is 0 Å². The molecular formula is C5H5KNa2O9. The van der Waals surface area contributed by atoms with Gasteiger partial charge in [-0.15, -0.1) is 0 Å². The summed E-state index contributed by atoms with van der Waals surface area (Å²) in [5.74, 6) is -4.12. The summed E-state index contributed by atoms with van der Waals surface area (Å²) in [6.45, 7) is 0. The van der Waals surface area contributed by atoms with Crippen molar-refractivity contribution in [1.29, 1.82) is 0 Å². The second-order valence-electron chi connectivity index (χ2n) is 1.79. The van der Waals surface area contributed by atoms with Gasteiger partial charge in [-0.25, -0.2) is 0 Å². The number of aliphatic carboxylic acids is 2. The van der Waals surface area contributed by atoms with E-state index in [9.17, 15) is 19.8 Å². The molecule has 0 aliphatic rings. The van der Waals surface area contributed by atoms with Crippen molar-refractivity contribution in [2.75, 3.05) is 0 Å². The zero-order valence-electron chi connectivity index (χ0n) is 9.45. The van der Waals surface area contributed by atoms with Gasteiger partial charge >= 0.3 is 110 Å². The maximum Gasteiger partial charge on any atom is 1.00 e. The number of aliphatic hydroxyl groups is 2. The minimum atomic E-state index is -2.44. The van der Waals surface area contributed by atoms with Crippen LogP contribution in [0.4, 0.5) is 4.79 Å². The van der Waals surface area contributed by atoms with Crippen LogP contribution in [0.25, 0.3) is 0 Å². The number of carbonyl (C=O) groups excluding carboxylic acids is 2. The third-order valence-electron chi connectivity index (χ3n) is 0.782. The molecule has 0 aliphatic heterocycles. The minimum absolute atomic E-state index is 0. The molecule has 17 heavy (non-hydrogen) atoms. The molecule has 0 radical (unpaired) electrons. The molecule has 2 unspecified atom stereocenters. The van der Waals surface area contributed by atoms with Crippen molar-refractivity contribution in [3.05, 3.63) is 0 Å². The Kier molecular flexibility index (Phi) is 32.7. The van der Waals surface area contributed by atoms with E-state index < -0.39 is 30.3 Å². The molecule has 0 aromatic carbocycles. The van der Waals surface area contributed by atoms with Gasteiger partial charge in [-0.2, -0.15) is 0 Å². The van der Waals surface area contributed by atoms with Crippen molar-refractivity contribution in [1.82, 2.24) is 0 Å². The average Bonchev–Trinajstić information content (AvgIpc) is 2.00. The Morgan fingerprint density at radius 1 is 0.824 bits per heavy atom. The van der Waals surface area contributed by atoms with E-state index in [1.54, 1.807) is 0 Å². The third-order valence-corrected chi connectivity index (χ3v) is 0.782. The first kappa shape index (κ1) is 31.3. The molecule has 0 aromatic rings. The normalized spacial score (nSPS) is 10.7. The quantitative estimate of drug-likeness (QED) is 0.425. The predicted octanol–water partition coefficient (Wildman–Crippen LogP) is -14.9. The van der Waals surface area contributed by atoms with Crippen molar-refractivity contribution in [3.63, 3.8) is 0 Å². The van der Waals surface area contributed by atoms with Gasteiger partial charge in [0.05, 0.1) is 11.9 Å². The van der Waals surface area contributed by atoms with Gasteiger partial charge in [-0.05, 0) is 0 Å². The van der Waals surface area contributed by atoms with Crippen LogP contribution in [0.2, 0.25) is 0 Å². The number of carbonyl (C=O) groups is 3. The topological polar surface area (TPSA) is 181 Å². The van der Waals surface area contributed by atoms with E-state index in [0.717, 1.165) is 0 Å². The molecule has 0 aromatic heterocycles. The number of hydrogen-bond donors (Lipinski definition) is 3. The van der Waals surface area contributed by atoms with Crippen molar-refractivity contribution < 1.29 is 156 Å². The Bertz CT molecular complexity index is 213. The van der Waals surface area contributed by atoms with E-state index in [1.165, 1.54) is 0 Å². The van der Waals surface area contributed by atoms with Crippen molar-refractivity contribution >= 4 is 18.1 Å². The number of carboxylic acids is 2. The first-order valence-electron chi connectivity index (χ1n) is 2.88. The third kappa shape index (κ3) is 23.3. The van der Waals surface area contributed by atoms with Crippen molar-refractivity contribution in [2.24, 2.45) is 0 Å². The Hall–Kier alpha value is 1.77. The fraction of sp³-hybridized carbons (Fsp3) is 0.400. The zero-order chi connectivity index (χ0) is 11.9. The number of aliphatic hydroxyl groups excluding tert-OH is 2. The summed E-state index contributed by atoms with van der Waals surface area (Å²) < 4.78 is 0. The van der Waals surface area contributed by atoms with Gasteiger partial charge in [0.1, 0.15) is 12.2 Å². The van der Waals surface area contributed by atoms with Crippen molar-refractivity contribution in [2.45, 2.75) is 12.2 Å². The van der Waals surface area contributed by atoms with Gasteiger partial charge in [0.25, 0.3) is 0 Å². The molecular weight excluding hydrogens is 289 g/mol. The number of rotatable bonds is 3. The SMILES string of the molecule is O=C([O-])C(O)C(O)C(=O)[O-].O=C([O-])O.[K+].[Na+].[Na+]. The first-order valence-corrected chi connectivity index (χ1v) is 2.88. The molecule has 0 fully saturated rings. The van der Waals surface area contributed by atoms with Crippen molar-refractivity contribution in [3.8, 4) is 0 Å². The summed E-state index contributed by atoms with van der Waals surface area (Å²) in [6, 6.07) is 0. The molecule has 0 heterocycles. The van der Waals surface area contributed by atoms with Crippen LogP contribution in [0, 0.1) is 0 Å². The monoisotopic (exact) mass is 294 g/mol. The minimum Gasteiger partial charge on any atom is -0.565 e. The fourth-order valence-electron chi connectivity index (χ4n) is 0.258. The fourth-order valence-corrected chi connectivity index (χ4v) is 0.258. The smallest absolute Gasteiger partial charge is 0.565 e. The molecule has 0 saturated carbocycles. The Morgan fingerprint density at radius 3 is 1.00 bits per heavy atom. The molecule has 82 valence electrons. The van der Waals surface area contributed by atoms with Crippen LogP contribution >= 0.6 is 0 Å². The Labute approximate surface area is 182 Å². The van der Waals surface area contributed by atoms with E-state index >= 15 is 0 Å². The largest absolute Gasteiger partial charge is 1.00 e. The molecule has 0 aliphatic carbocycles. The van der Waals surface area contributed by atoms with Crippen LogP contribution in [-0.2, 0) is 9.59 Å². The maximum atomic E-state index is 9.63. The Morgan fingerprint density at radius 2 is 0.941 bits per heavy atom. The van der Waals surface area contributed by atoms with Crippen LogP contribution in [0.1, 0.15) is 0 Å².